The molecule has 2 N–H and O–H groups in total. The SMILES string of the molecule is CCCn1c(SC(C)C(N)=O)nc2ccccc2c1=O. The van der Waals surface area contributed by atoms with Gasteiger partial charge in [-0.25, -0.2) is 4.98 Å². The number of carbonyl (C=O) groups excluding carboxylic acids is 1. The molecule has 0 radical (unpaired) electrons. The summed E-state index contributed by atoms with van der Waals surface area (Å²) in [6.07, 6.45) is 0.818. The molecule has 1 atom stereocenters. The largest absolute Gasteiger partial charge is 0.369 e. The van der Waals surface area contributed by atoms with Gasteiger partial charge >= 0.3 is 0 Å². The molecule has 0 bridgehead atoms. The molecule has 20 heavy (non-hydrogen) atoms. The second-order valence-corrected chi connectivity index (χ2v) is 5.84. The highest BCUT2D eigenvalue weighted by atomic mass is 32.2. The predicted molar refractivity (Wildman–Crippen MR) is 80.8 cm³/mol. The summed E-state index contributed by atoms with van der Waals surface area (Å²) < 4.78 is 1.62. The summed E-state index contributed by atoms with van der Waals surface area (Å²) in [5.74, 6) is -0.416. The number of nitrogens with two attached hydrogens (primary N) is 1. The maximum Gasteiger partial charge on any atom is 0.262 e. The molecule has 6 heteroatoms. The van der Waals surface area contributed by atoms with E-state index in [4.69, 9.17) is 5.73 Å². The molecule has 106 valence electrons. The molecule has 0 aliphatic carbocycles. The molecule has 1 unspecified atom stereocenters. The van der Waals surface area contributed by atoms with Crippen molar-refractivity contribution in [3.8, 4) is 0 Å². The number of rotatable bonds is 5. The molecule has 1 aromatic carbocycles. The lowest BCUT2D eigenvalue weighted by molar-refractivity contribution is -0.117. The van der Waals surface area contributed by atoms with Crippen molar-refractivity contribution in [1.82, 2.24) is 9.55 Å². The van der Waals surface area contributed by atoms with E-state index in [1.165, 1.54) is 11.8 Å². The number of para-hydroxylation sites is 1. The average Bonchev–Trinajstić information content (AvgIpc) is 2.43. The average molecular weight is 291 g/mol. The van der Waals surface area contributed by atoms with Crippen LogP contribution >= 0.6 is 11.8 Å². The van der Waals surface area contributed by atoms with Crippen molar-refractivity contribution in [3.63, 3.8) is 0 Å². The van der Waals surface area contributed by atoms with Gasteiger partial charge in [0, 0.05) is 6.54 Å². The second-order valence-electron chi connectivity index (χ2n) is 4.53. The molecule has 0 saturated heterocycles. The molecule has 2 rings (SSSR count). The van der Waals surface area contributed by atoms with Crippen LogP contribution in [0.3, 0.4) is 0 Å². The zero-order valence-electron chi connectivity index (χ0n) is 11.5. The van der Waals surface area contributed by atoms with E-state index in [-0.39, 0.29) is 5.56 Å². The van der Waals surface area contributed by atoms with Crippen molar-refractivity contribution < 1.29 is 4.79 Å². The fourth-order valence-corrected chi connectivity index (χ4v) is 2.76. The molecule has 0 fully saturated rings. The van der Waals surface area contributed by atoms with E-state index in [1.54, 1.807) is 23.6 Å². The Labute approximate surface area is 121 Å². The summed E-state index contributed by atoms with van der Waals surface area (Å²) in [5.41, 5.74) is 5.85. The van der Waals surface area contributed by atoms with Crippen molar-refractivity contribution in [2.75, 3.05) is 0 Å². The zero-order valence-corrected chi connectivity index (χ0v) is 12.3. The minimum atomic E-state index is -0.425. The Bertz CT molecular complexity index is 696. The van der Waals surface area contributed by atoms with Gasteiger partial charge < -0.3 is 5.73 Å². The van der Waals surface area contributed by atoms with E-state index in [9.17, 15) is 9.59 Å². The van der Waals surface area contributed by atoms with E-state index in [0.29, 0.717) is 22.6 Å². The molecule has 0 spiro atoms. The minimum Gasteiger partial charge on any atom is -0.369 e. The number of primary amides is 1. The third-order valence-corrected chi connectivity index (χ3v) is 4.07. The summed E-state index contributed by atoms with van der Waals surface area (Å²) in [5, 5.41) is 0.713. The van der Waals surface area contributed by atoms with Crippen molar-refractivity contribution in [3.05, 3.63) is 34.6 Å². The zero-order chi connectivity index (χ0) is 14.7. The van der Waals surface area contributed by atoms with Crippen LogP contribution in [0, 0.1) is 0 Å². The number of fused-ring (bicyclic) bond motifs is 1. The third-order valence-electron chi connectivity index (χ3n) is 2.96. The Hall–Kier alpha value is -1.82. The quantitative estimate of drug-likeness (QED) is 0.672. The molecule has 0 aliphatic rings. The minimum absolute atomic E-state index is 0.0726. The van der Waals surface area contributed by atoms with Crippen molar-refractivity contribution in [2.45, 2.75) is 37.2 Å². The third kappa shape index (κ3) is 2.85. The van der Waals surface area contributed by atoms with E-state index in [0.717, 1.165) is 6.42 Å². The molecule has 1 amide bonds. The first-order valence-corrected chi connectivity index (χ1v) is 7.38. The fraction of sp³-hybridized carbons (Fsp3) is 0.357. The first kappa shape index (κ1) is 14.6. The number of hydrogen-bond acceptors (Lipinski definition) is 4. The van der Waals surface area contributed by atoms with Gasteiger partial charge in [-0.15, -0.1) is 0 Å². The number of aromatic nitrogens is 2. The van der Waals surface area contributed by atoms with Crippen LogP contribution in [0.5, 0.6) is 0 Å². The summed E-state index contributed by atoms with van der Waals surface area (Å²) in [4.78, 5) is 28.2. The van der Waals surface area contributed by atoms with Gasteiger partial charge in [-0.05, 0) is 25.5 Å². The van der Waals surface area contributed by atoms with E-state index < -0.39 is 11.2 Å². The second kappa shape index (κ2) is 6.09. The highest BCUT2D eigenvalue weighted by molar-refractivity contribution is 8.00. The van der Waals surface area contributed by atoms with Gasteiger partial charge in [-0.1, -0.05) is 30.8 Å². The highest BCUT2D eigenvalue weighted by Crippen LogP contribution is 2.22. The van der Waals surface area contributed by atoms with Crippen LogP contribution in [-0.4, -0.2) is 20.7 Å². The van der Waals surface area contributed by atoms with Gasteiger partial charge in [0.1, 0.15) is 0 Å². The van der Waals surface area contributed by atoms with Gasteiger partial charge in [0.2, 0.25) is 5.91 Å². The normalized spacial score (nSPS) is 12.5. The Morgan fingerprint density at radius 2 is 2.15 bits per heavy atom. The Morgan fingerprint density at radius 3 is 2.80 bits per heavy atom. The summed E-state index contributed by atoms with van der Waals surface area (Å²) in [6.45, 7) is 4.28. The van der Waals surface area contributed by atoms with E-state index in [1.807, 2.05) is 19.1 Å². The number of amides is 1. The Morgan fingerprint density at radius 1 is 1.45 bits per heavy atom. The van der Waals surface area contributed by atoms with Crippen LogP contribution in [0.25, 0.3) is 10.9 Å². The number of thioether (sulfide) groups is 1. The number of benzene rings is 1. The van der Waals surface area contributed by atoms with Crippen LogP contribution in [0.4, 0.5) is 0 Å². The predicted octanol–water partition coefficient (Wildman–Crippen LogP) is 1.77. The lowest BCUT2D eigenvalue weighted by Crippen LogP contribution is -2.27. The lowest BCUT2D eigenvalue weighted by atomic mass is 10.2. The highest BCUT2D eigenvalue weighted by Gasteiger charge is 2.16. The van der Waals surface area contributed by atoms with Crippen LogP contribution in [0.1, 0.15) is 20.3 Å². The first-order valence-electron chi connectivity index (χ1n) is 6.50. The molecule has 1 heterocycles. The standard InChI is InChI=1S/C14H17N3O2S/c1-3-8-17-13(19)10-6-4-5-7-11(10)16-14(17)20-9(2)12(15)18/h4-7,9H,3,8H2,1-2H3,(H2,15,18). The Balaban J connectivity index is 2.59. The van der Waals surface area contributed by atoms with Crippen LogP contribution in [0.2, 0.25) is 0 Å². The lowest BCUT2D eigenvalue weighted by Gasteiger charge is -2.14. The molecule has 0 saturated carbocycles. The summed E-state index contributed by atoms with van der Waals surface area (Å²) in [7, 11) is 0. The van der Waals surface area contributed by atoms with Crippen LogP contribution < -0.4 is 11.3 Å². The number of carbonyl (C=O) groups is 1. The van der Waals surface area contributed by atoms with E-state index >= 15 is 0 Å². The summed E-state index contributed by atoms with van der Waals surface area (Å²) in [6, 6.07) is 7.22. The van der Waals surface area contributed by atoms with Crippen LogP contribution in [-0.2, 0) is 11.3 Å². The Kier molecular flexibility index (Phi) is 4.44. The molecule has 2 aromatic rings. The number of nitrogens with zero attached hydrogens (tertiary/aromatic N) is 2. The number of hydrogen-bond donors (Lipinski definition) is 1. The van der Waals surface area contributed by atoms with Gasteiger partial charge in [-0.2, -0.15) is 0 Å². The fourth-order valence-electron chi connectivity index (χ4n) is 1.87. The topological polar surface area (TPSA) is 78.0 Å². The van der Waals surface area contributed by atoms with E-state index in [2.05, 4.69) is 4.98 Å². The molecule has 1 aromatic heterocycles. The monoisotopic (exact) mass is 291 g/mol. The smallest absolute Gasteiger partial charge is 0.262 e. The van der Waals surface area contributed by atoms with Gasteiger partial charge in [-0.3, -0.25) is 14.2 Å². The molecule has 0 aliphatic heterocycles. The van der Waals surface area contributed by atoms with Crippen molar-refractivity contribution >= 4 is 28.6 Å². The molecule has 5 nitrogen and oxygen atoms in total. The maximum atomic E-state index is 12.5. The van der Waals surface area contributed by atoms with Gasteiger partial charge in [0.25, 0.3) is 5.56 Å². The molecular formula is C14H17N3O2S. The molecular weight excluding hydrogens is 274 g/mol. The summed E-state index contributed by atoms with van der Waals surface area (Å²) >= 11 is 1.22. The van der Waals surface area contributed by atoms with Crippen LogP contribution in [0.15, 0.2) is 34.2 Å². The van der Waals surface area contributed by atoms with Gasteiger partial charge in [0.15, 0.2) is 5.16 Å². The van der Waals surface area contributed by atoms with Crippen molar-refractivity contribution in [1.29, 1.82) is 0 Å². The first-order chi connectivity index (χ1) is 9.54. The maximum absolute atomic E-state index is 12.5. The van der Waals surface area contributed by atoms with Crippen molar-refractivity contribution in [2.24, 2.45) is 5.73 Å². The van der Waals surface area contributed by atoms with Gasteiger partial charge in [0.05, 0.1) is 16.2 Å².